The highest BCUT2D eigenvalue weighted by Gasteiger charge is 2.49. The molecule has 1 N–H and O–H groups in total. The van der Waals surface area contributed by atoms with E-state index in [4.69, 9.17) is 0 Å². The van der Waals surface area contributed by atoms with E-state index in [0.29, 0.717) is 0 Å². The van der Waals surface area contributed by atoms with Crippen LogP contribution in [0.5, 0.6) is 0 Å². The molecule has 0 unspecified atom stereocenters. The van der Waals surface area contributed by atoms with E-state index >= 15 is 0 Å². The number of nitrogens with one attached hydrogen (secondary N) is 1. The lowest BCUT2D eigenvalue weighted by Gasteiger charge is -2.56. The van der Waals surface area contributed by atoms with Crippen LogP contribution in [0.15, 0.2) is 0 Å². The van der Waals surface area contributed by atoms with Crippen molar-refractivity contribution in [3.05, 3.63) is 0 Å². The second kappa shape index (κ2) is 4.43. The molecule has 2 fully saturated rings. The fraction of sp³-hybridized carbons (Fsp3) is 1.00. The molecule has 13 heavy (non-hydrogen) atoms. The first-order valence-electron chi connectivity index (χ1n) is 5.67. The van der Waals surface area contributed by atoms with Crippen LogP contribution >= 0.6 is 0 Å². The molecule has 2 aliphatic rings. The van der Waals surface area contributed by atoms with Gasteiger partial charge >= 0.3 is 0 Å². The van der Waals surface area contributed by atoms with Crippen molar-refractivity contribution in [3.8, 4) is 0 Å². The van der Waals surface area contributed by atoms with Crippen LogP contribution in [-0.2, 0) is 0 Å². The summed E-state index contributed by atoms with van der Waals surface area (Å²) in [5.74, 6) is 0. The summed E-state index contributed by atoms with van der Waals surface area (Å²) in [5.41, 5.74) is 0.744. The molecule has 1 spiro atoms. The smallest absolute Gasteiger partial charge is 0.0105 e. The first-order chi connectivity index (χ1) is 6.26. The van der Waals surface area contributed by atoms with E-state index < -0.39 is 0 Å². The lowest BCUT2D eigenvalue weighted by atomic mass is 9.61. The quantitative estimate of drug-likeness (QED) is 0.703. The minimum absolute atomic E-state index is 0.744. The summed E-state index contributed by atoms with van der Waals surface area (Å²) in [6, 6.07) is 0.891. The molecule has 0 aromatic carbocycles. The van der Waals surface area contributed by atoms with E-state index in [1.807, 2.05) is 13.8 Å². The Morgan fingerprint density at radius 1 is 1.31 bits per heavy atom. The molecule has 2 heteroatoms. The second-order valence-corrected chi connectivity index (χ2v) is 4.24. The van der Waals surface area contributed by atoms with Crippen LogP contribution in [0.3, 0.4) is 0 Å². The van der Waals surface area contributed by atoms with Crippen molar-refractivity contribution in [2.45, 2.75) is 39.7 Å². The molecule has 1 aliphatic carbocycles. The first kappa shape index (κ1) is 11.0. The maximum atomic E-state index is 3.36. The monoisotopic (exact) mass is 184 g/mol. The topological polar surface area (TPSA) is 15.3 Å². The predicted molar refractivity (Wildman–Crippen MR) is 58.0 cm³/mol. The Morgan fingerprint density at radius 2 is 1.85 bits per heavy atom. The van der Waals surface area contributed by atoms with Gasteiger partial charge in [0.15, 0.2) is 0 Å². The van der Waals surface area contributed by atoms with Crippen molar-refractivity contribution in [1.82, 2.24) is 10.2 Å². The van der Waals surface area contributed by atoms with Gasteiger partial charge in [-0.2, -0.15) is 0 Å². The molecule has 2 nitrogen and oxygen atoms in total. The third kappa shape index (κ3) is 2.05. The molecule has 0 radical (unpaired) electrons. The van der Waals surface area contributed by atoms with Crippen LogP contribution in [0, 0.1) is 5.41 Å². The highest BCUT2D eigenvalue weighted by atomic mass is 15.2. The fourth-order valence-electron chi connectivity index (χ4n) is 2.28. The molecule has 2 rings (SSSR count). The van der Waals surface area contributed by atoms with Crippen LogP contribution in [0.1, 0.15) is 33.6 Å². The number of rotatable bonds is 2. The molecular formula is C11H24N2. The van der Waals surface area contributed by atoms with Crippen LogP contribution in [0.25, 0.3) is 0 Å². The Hall–Kier alpha value is -0.0800. The van der Waals surface area contributed by atoms with Gasteiger partial charge in [0.25, 0.3) is 0 Å². The van der Waals surface area contributed by atoms with E-state index in [1.54, 1.807) is 0 Å². The third-order valence-corrected chi connectivity index (χ3v) is 3.46. The van der Waals surface area contributed by atoms with Crippen molar-refractivity contribution in [3.63, 3.8) is 0 Å². The van der Waals surface area contributed by atoms with Gasteiger partial charge in [-0.1, -0.05) is 20.8 Å². The Bertz CT molecular complexity index is 144. The standard InChI is InChI=1S/C9H18N2.C2H6/c1-3-11(2)8-4-9(5-8)6-10-7-9;1-2/h8,10H,3-7H2,1-2H3;1-2H3. The van der Waals surface area contributed by atoms with Crippen LogP contribution in [0.4, 0.5) is 0 Å². The van der Waals surface area contributed by atoms with Gasteiger partial charge in [0.1, 0.15) is 0 Å². The molecule has 0 bridgehead atoms. The van der Waals surface area contributed by atoms with E-state index in [2.05, 4.69) is 24.2 Å². The molecule has 78 valence electrons. The molecule has 1 saturated heterocycles. The first-order valence-corrected chi connectivity index (χ1v) is 5.67. The van der Waals surface area contributed by atoms with Crippen LogP contribution < -0.4 is 5.32 Å². The molecule has 0 aromatic rings. The number of hydrogen-bond acceptors (Lipinski definition) is 2. The SMILES string of the molecule is CC.CCN(C)C1CC2(CNC2)C1. The number of hydrogen-bond donors (Lipinski definition) is 1. The summed E-state index contributed by atoms with van der Waals surface area (Å²) in [7, 11) is 2.24. The maximum absolute atomic E-state index is 3.36. The van der Waals surface area contributed by atoms with E-state index in [0.717, 1.165) is 11.5 Å². The van der Waals surface area contributed by atoms with Gasteiger partial charge in [-0.15, -0.1) is 0 Å². The van der Waals surface area contributed by atoms with Crippen molar-refractivity contribution in [2.75, 3.05) is 26.7 Å². The Kier molecular flexibility index (Phi) is 3.74. The molecule has 0 aromatic heterocycles. The van der Waals surface area contributed by atoms with Crippen LogP contribution in [-0.4, -0.2) is 37.6 Å². The van der Waals surface area contributed by atoms with E-state index in [-0.39, 0.29) is 0 Å². The zero-order valence-electron chi connectivity index (χ0n) is 9.56. The maximum Gasteiger partial charge on any atom is 0.0105 e. The van der Waals surface area contributed by atoms with Crippen molar-refractivity contribution in [2.24, 2.45) is 5.41 Å². The lowest BCUT2D eigenvalue weighted by molar-refractivity contribution is -0.0245. The molecule has 1 saturated carbocycles. The molecule has 0 amide bonds. The van der Waals surface area contributed by atoms with E-state index in [9.17, 15) is 0 Å². The summed E-state index contributed by atoms with van der Waals surface area (Å²) in [4.78, 5) is 2.48. The molecule has 1 aliphatic heterocycles. The summed E-state index contributed by atoms with van der Waals surface area (Å²) in [6.45, 7) is 10.0. The summed E-state index contributed by atoms with van der Waals surface area (Å²) in [6.07, 6.45) is 2.87. The fourth-order valence-corrected chi connectivity index (χ4v) is 2.28. The predicted octanol–water partition coefficient (Wildman–Crippen LogP) is 1.72. The second-order valence-electron chi connectivity index (χ2n) is 4.24. The van der Waals surface area contributed by atoms with Crippen molar-refractivity contribution >= 4 is 0 Å². The average molecular weight is 184 g/mol. The summed E-state index contributed by atoms with van der Waals surface area (Å²) in [5, 5.41) is 3.36. The Balaban J connectivity index is 0.000000396. The minimum atomic E-state index is 0.744. The van der Waals surface area contributed by atoms with Crippen molar-refractivity contribution < 1.29 is 0 Å². The lowest BCUT2D eigenvalue weighted by Crippen LogP contribution is -2.64. The zero-order chi connectivity index (χ0) is 9.90. The van der Waals surface area contributed by atoms with Gasteiger partial charge in [0.2, 0.25) is 0 Å². The summed E-state index contributed by atoms with van der Waals surface area (Å²) < 4.78 is 0. The third-order valence-electron chi connectivity index (χ3n) is 3.46. The largest absolute Gasteiger partial charge is 0.316 e. The van der Waals surface area contributed by atoms with Gasteiger partial charge in [0, 0.05) is 19.1 Å². The normalized spacial score (nSPS) is 24.7. The average Bonchev–Trinajstić information content (AvgIpc) is 2.03. The Labute approximate surface area is 82.7 Å². The highest BCUT2D eigenvalue weighted by Crippen LogP contribution is 2.45. The zero-order valence-corrected chi connectivity index (χ0v) is 9.56. The number of nitrogens with zero attached hydrogens (tertiary/aromatic N) is 1. The van der Waals surface area contributed by atoms with Crippen molar-refractivity contribution in [1.29, 1.82) is 0 Å². The van der Waals surface area contributed by atoms with E-state index in [1.165, 1.54) is 32.5 Å². The van der Waals surface area contributed by atoms with Gasteiger partial charge in [-0.25, -0.2) is 0 Å². The molecule has 0 atom stereocenters. The van der Waals surface area contributed by atoms with Gasteiger partial charge in [0.05, 0.1) is 0 Å². The molecular weight excluding hydrogens is 160 g/mol. The van der Waals surface area contributed by atoms with Crippen LogP contribution in [0.2, 0.25) is 0 Å². The minimum Gasteiger partial charge on any atom is -0.316 e. The summed E-state index contributed by atoms with van der Waals surface area (Å²) >= 11 is 0. The Morgan fingerprint density at radius 3 is 2.15 bits per heavy atom. The van der Waals surface area contributed by atoms with Gasteiger partial charge in [-0.3, -0.25) is 0 Å². The van der Waals surface area contributed by atoms with Gasteiger partial charge < -0.3 is 10.2 Å². The highest BCUT2D eigenvalue weighted by molar-refractivity contribution is 5.05. The van der Waals surface area contributed by atoms with Gasteiger partial charge in [-0.05, 0) is 31.8 Å². The molecule has 1 heterocycles.